The molecule has 1 N–H and O–H groups in total. The van der Waals surface area contributed by atoms with Crippen molar-refractivity contribution in [2.45, 2.75) is 63.3 Å². The van der Waals surface area contributed by atoms with Gasteiger partial charge >= 0.3 is 7.60 Å². The number of amides is 1. The molecular formula is C27H34NO4PS. The van der Waals surface area contributed by atoms with E-state index >= 15 is 0 Å². The van der Waals surface area contributed by atoms with Crippen LogP contribution in [0.3, 0.4) is 0 Å². The van der Waals surface area contributed by atoms with Crippen LogP contribution in [0.25, 0.3) is 6.08 Å². The molecule has 0 spiro atoms. The van der Waals surface area contributed by atoms with Gasteiger partial charge < -0.3 is 14.4 Å². The number of carbonyl (C=O) groups excluding carboxylic acids is 1. The summed E-state index contributed by atoms with van der Waals surface area (Å²) in [5.41, 5.74) is 5.18. The first-order chi connectivity index (χ1) is 16.5. The van der Waals surface area contributed by atoms with Crippen molar-refractivity contribution in [2.24, 2.45) is 0 Å². The molecule has 0 aromatic heterocycles. The van der Waals surface area contributed by atoms with Crippen LogP contribution in [0.4, 0.5) is 5.69 Å². The summed E-state index contributed by atoms with van der Waals surface area (Å²) in [6.45, 7) is 4.28. The number of nitrogens with one attached hydrogen (secondary N) is 1. The second-order valence-electron chi connectivity index (χ2n) is 8.83. The van der Waals surface area contributed by atoms with Crippen LogP contribution in [0.5, 0.6) is 0 Å². The molecule has 1 unspecified atom stereocenters. The van der Waals surface area contributed by atoms with E-state index in [0.717, 1.165) is 16.7 Å². The van der Waals surface area contributed by atoms with Crippen LogP contribution in [0.1, 0.15) is 79.4 Å². The molecule has 1 aliphatic carbocycles. The highest BCUT2D eigenvalue weighted by Crippen LogP contribution is 2.51. The van der Waals surface area contributed by atoms with Crippen LogP contribution < -0.4 is 5.32 Å². The minimum atomic E-state index is -3.16. The fourth-order valence-corrected chi connectivity index (χ4v) is 7.41. The molecule has 2 aromatic carbocycles. The third kappa shape index (κ3) is 6.23. The Hall–Kier alpha value is -1.85. The first-order valence-electron chi connectivity index (χ1n) is 12.2. The van der Waals surface area contributed by atoms with Gasteiger partial charge in [-0.1, -0.05) is 49.6 Å². The lowest BCUT2D eigenvalue weighted by Gasteiger charge is -2.25. The van der Waals surface area contributed by atoms with Crippen molar-refractivity contribution >= 4 is 37.0 Å². The smallest absolute Gasteiger partial charge is 0.325 e. The van der Waals surface area contributed by atoms with E-state index in [2.05, 4.69) is 29.6 Å². The van der Waals surface area contributed by atoms with Gasteiger partial charge in [-0.3, -0.25) is 9.36 Å². The minimum absolute atomic E-state index is 0.0388. The maximum atomic E-state index is 13.2. The summed E-state index contributed by atoms with van der Waals surface area (Å²) >= 11 is 1.53. The van der Waals surface area contributed by atoms with Crippen molar-refractivity contribution in [3.05, 3.63) is 70.1 Å². The van der Waals surface area contributed by atoms with Gasteiger partial charge in [0.05, 0.1) is 19.4 Å². The van der Waals surface area contributed by atoms with Gasteiger partial charge in [0, 0.05) is 5.69 Å². The summed E-state index contributed by atoms with van der Waals surface area (Å²) in [5, 5.41) is 4.79. The van der Waals surface area contributed by atoms with Crippen LogP contribution >= 0.6 is 19.4 Å². The molecule has 0 radical (unpaired) electrons. The predicted octanol–water partition coefficient (Wildman–Crippen LogP) is 7.90. The van der Waals surface area contributed by atoms with Gasteiger partial charge in [0.25, 0.3) is 0 Å². The molecule has 1 heterocycles. The molecule has 34 heavy (non-hydrogen) atoms. The van der Waals surface area contributed by atoms with Gasteiger partial charge in [-0.15, -0.1) is 11.8 Å². The Kier molecular flexibility index (Phi) is 8.70. The Morgan fingerprint density at radius 3 is 2.41 bits per heavy atom. The van der Waals surface area contributed by atoms with Crippen molar-refractivity contribution < 1.29 is 18.4 Å². The third-order valence-corrected chi connectivity index (χ3v) is 9.51. The van der Waals surface area contributed by atoms with Gasteiger partial charge in [-0.25, -0.2) is 0 Å². The lowest BCUT2D eigenvalue weighted by Crippen LogP contribution is -2.20. The molecular weight excluding hydrogens is 465 g/mol. The number of benzene rings is 2. The SMILES string of the molecule is CCOP(=O)(Cc1ccc(NC(=O)C2SC=Cc3cc(C4CCCCC4)ccc32)cc1)OCC. The van der Waals surface area contributed by atoms with Crippen LogP contribution in [0.2, 0.25) is 0 Å². The third-order valence-electron chi connectivity index (χ3n) is 6.42. The number of thioether (sulfide) groups is 1. The maximum absolute atomic E-state index is 13.2. The molecule has 4 rings (SSSR count). The molecule has 0 bridgehead atoms. The zero-order chi connectivity index (χ0) is 24.0. The van der Waals surface area contributed by atoms with Crippen molar-refractivity contribution in [2.75, 3.05) is 18.5 Å². The topological polar surface area (TPSA) is 64.6 Å². The van der Waals surface area contributed by atoms with Gasteiger partial charge in [0.15, 0.2) is 0 Å². The lowest BCUT2D eigenvalue weighted by molar-refractivity contribution is -0.115. The van der Waals surface area contributed by atoms with Crippen molar-refractivity contribution in [1.82, 2.24) is 0 Å². The number of rotatable bonds is 9. The number of hydrogen-bond donors (Lipinski definition) is 1. The zero-order valence-electron chi connectivity index (χ0n) is 20.0. The second kappa shape index (κ2) is 11.7. The number of carbonyl (C=O) groups is 1. The first-order valence-corrected chi connectivity index (χ1v) is 14.9. The zero-order valence-corrected chi connectivity index (χ0v) is 21.7. The molecule has 1 saturated carbocycles. The second-order valence-corrected chi connectivity index (χ2v) is 11.9. The molecule has 0 saturated heterocycles. The fourth-order valence-electron chi connectivity index (χ4n) is 4.78. The lowest BCUT2D eigenvalue weighted by atomic mass is 9.83. The van der Waals surface area contributed by atoms with E-state index in [4.69, 9.17) is 9.05 Å². The number of fused-ring (bicyclic) bond motifs is 1. The van der Waals surface area contributed by atoms with E-state index < -0.39 is 7.60 Å². The average Bonchev–Trinajstić information content (AvgIpc) is 2.85. The van der Waals surface area contributed by atoms with E-state index in [-0.39, 0.29) is 17.3 Å². The summed E-state index contributed by atoms with van der Waals surface area (Å²) < 4.78 is 23.5. The largest absolute Gasteiger partial charge is 0.335 e. The minimum Gasteiger partial charge on any atom is -0.325 e. The average molecular weight is 500 g/mol. The quantitative estimate of drug-likeness (QED) is 0.355. The first kappa shape index (κ1) is 25.2. The van der Waals surface area contributed by atoms with Gasteiger partial charge in [-0.2, -0.15) is 0 Å². The van der Waals surface area contributed by atoms with Gasteiger partial charge in [0.1, 0.15) is 5.25 Å². The highest BCUT2D eigenvalue weighted by molar-refractivity contribution is 8.03. The summed E-state index contributed by atoms with van der Waals surface area (Å²) in [4.78, 5) is 13.2. The number of anilines is 1. The molecule has 1 atom stereocenters. The Bertz CT molecular complexity index is 1050. The monoisotopic (exact) mass is 499 g/mol. The van der Waals surface area contributed by atoms with E-state index in [0.29, 0.717) is 24.8 Å². The summed E-state index contributed by atoms with van der Waals surface area (Å²) in [6, 6.07) is 14.0. The van der Waals surface area contributed by atoms with Crippen molar-refractivity contribution in [1.29, 1.82) is 0 Å². The Morgan fingerprint density at radius 2 is 1.74 bits per heavy atom. The normalized spacial score (nSPS) is 18.5. The molecule has 1 aliphatic heterocycles. The Morgan fingerprint density at radius 1 is 1.03 bits per heavy atom. The highest BCUT2D eigenvalue weighted by Gasteiger charge is 2.27. The molecule has 182 valence electrons. The molecule has 2 aromatic rings. The van der Waals surface area contributed by atoms with Crippen LogP contribution in [-0.2, 0) is 24.6 Å². The Labute approximate surface area is 207 Å². The molecule has 5 nitrogen and oxygen atoms in total. The predicted molar refractivity (Wildman–Crippen MR) is 141 cm³/mol. The molecule has 7 heteroatoms. The molecule has 1 fully saturated rings. The van der Waals surface area contributed by atoms with Crippen LogP contribution in [-0.4, -0.2) is 19.1 Å². The fraction of sp³-hybridized carbons (Fsp3) is 0.444. The van der Waals surface area contributed by atoms with E-state index in [9.17, 15) is 9.36 Å². The standard InChI is InChI=1S/C27H34NO4PS/c1-3-31-33(30,32-4-2)19-20-10-13-24(14-11-20)28-27(29)26-25-15-12-22(18-23(25)16-17-34-26)21-8-6-5-7-9-21/h10-18,21,26H,3-9,19H2,1-2H3,(H,28,29). The maximum Gasteiger partial charge on any atom is 0.335 e. The summed E-state index contributed by atoms with van der Waals surface area (Å²) in [6.07, 6.45) is 8.84. The van der Waals surface area contributed by atoms with Gasteiger partial charge in [-0.05, 0) is 78.5 Å². The van der Waals surface area contributed by atoms with Crippen molar-refractivity contribution in [3.63, 3.8) is 0 Å². The van der Waals surface area contributed by atoms with Crippen LogP contribution in [0, 0.1) is 0 Å². The molecule has 2 aliphatic rings. The van der Waals surface area contributed by atoms with E-state index in [1.807, 2.05) is 29.7 Å². The van der Waals surface area contributed by atoms with Crippen molar-refractivity contribution in [3.8, 4) is 0 Å². The summed E-state index contributed by atoms with van der Waals surface area (Å²) in [5.74, 6) is 0.608. The van der Waals surface area contributed by atoms with Gasteiger partial charge in [0.2, 0.25) is 5.91 Å². The molecule has 1 amide bonds. The summed E-state index contributed by atoms with van der Waals surface area (Å²) in [7, 11) is -3.16. The van der Waals surface area contributed by atoms with E-state index in [1.165, 1.54) is 49.4 Å². The van der Waals surface area contributed by atoms with Crippen LogP contribution in [0.15, 0.2) is 47.9 Å². The Balaban J connectivity index is 1.42. The van der Waals surface area contributed by atoms with E-state index in [1.54, 1.807) is 13.8 Å². The number of hydrogen-bond acceptors (Lipinski definition) is 5. The highest BCUT2D eigenvalue weighted by atomic mass is 32.2.